The average molecular weight is 219 g/mol. The standard InChI is InChI=1S/C13H21N3/c1-2-5-11(6-3-1)13-9-12-10-14-7-4-8-16(12)15-13/h9,11,14H,1-8,10H2. The summed E-state index contributed by atoms with van der Waals surface area (Å²) < 4.78 is 2.23. The van der Waals surface area contributed by atoms with E-state index < -0.39 is 0 Å². The van der Waals surface area contributed by atoms with Gasteiger partial charge in [-0.2, -0.15) is 5.10 Å². The van der Waals surface area contributed by atoms with Crippen molar-refractivity contribution >= 4 is 0 Å². The molecule has 3 rings (SSSR count). The van der Waals surface area contributed by atoms with Gasteiger partial charge in [-0.05, 0) is 31.9 Å². The Hall–Kier alpha value is -0.830. The van der Waals surface area contributed by atoms with Crippen molar-refractivity contribution in [1.29, 1.82) is 0 Å². The van der Waals surface area contributed by atoms with Gasteiger partial charge >= 0.3 is 0 Å². The zero-order chi connectivity index (χ0) is 10.8. The first-order valence-corrected chi connectivity index (χ1v) is 6.71. The molecule has 16 heavy (non-hydrogen) atoms. The third-order valence-corrected chi connectivity index (χ3v) is 3.94. The maximum Gasteiger partial charge on any atom is 0.0658 e. The maximum absolute atomic E-state index is 4.81. The van der Waals surface area contributed by atoms with Crippen molar-refractivity contribution in [3.05, 3.63) is 17.5 Å². The van der Waals surface area contributed by atoms with Crippen LogP contribution in [0.1, 0.15) is 55.8 Å². The first-order valence-electron chi connectivity index (χ1n) is 6.71. The number of rotatable bonds is 1. The van der Waals surface area contributed by atoms with Crippen LogP contribution in [0.15, 0.2) is 6.07 Å². The first kappa shape index (κ1) is 10.3. The molecular weight excluding hydrogens is 198 g/mol. The van der Waals surface area contributed by atoms with Gasteiger partial charge < -0.3 is 5.32 Å². The summed E-state index contributed by atoms with van der Waals surface area (Å²) >= 11 is 0. The van der Waals surface area contributed by atoms with Crippen LogP contribution in [-0.2, 0) is 13.1 Å². The van der Waals surface area contributed by atoms with E-state index in [9.17, 15) is 0 Å². The second-order valence-electron chi connectivity index (χ2n) is 5.15. The molecule has 3 heteroatoms. The molecule has 0 atom stereocenters. The van der Waals surface area contributed by atoms with Crippen molar-refractivity contribution in [2.75, 3.05) is 6.54 Å². The predicted molar refractivity (Wildman–Crippen MR) is 64.4 cm³/mol. The van der Waals surface area contributed by atoms with E-state index in [0.717, 1.165) is 25.6 Å². The van der Waals surface area contributed by atoms with Gasteiger partial charge in [0.25, 0.3) is 0 Å². The zero-order valence-corrected chi connectivity index (χ0v) is 9.91. The molecule has 2 heterocycles. The van der Waals surface area contributed by atoms with E-state index in [1.54, 1.807) is 0 Å². The van der Waals surface area contributed by atoms with Crippen LogP contribution < -0.4 is 5.32 Å². The monoisotopic (exact) mass is 219 g/mol. The van der Waals surface area contributed by atoms with E-state index in [4.69, 9.17) is 5.10 Å². The molecule has 0 amide bonds. The van der Waals surface area contributed by atoms with Gasteiger partial charge in [-0.15, -0.1) is 0 Å². The Morgan fingerprint density at radius 2 is 2.06 bits per heavy atom. The topological polar surface area (TPSA) is 29.9 Å². The van der Waals surface area contributed by atoms with Crippen LogP contribution in [0.4, 0.5) is 0 Å². The number of fused-ring (bicyclic) bond motifs is 1. The zero-order valence-electron chi connectivity index (χ0n) is 9.91. The number of nitrogens with zero attached hydrogens (tertiary/aromatic N) is 2. The number of hydrogen-bond acceptors (Lipinski definition) is 2. The Bertz CT molecular complexity index is 327. The minimum Gasteiger partial charge on any atom is -0.311 e. The fourth-order valence-electron chi connectivity index (χ4n) is 2.98. The van der Waals surface area contributed by atoms with Gasteiger partial charge in [-0.25, -0.2) is 0 Å². The minimum absolute atomic E-state index is 0.744. The van der Waals surface area contributed by atoms with Crippen molar-refractivity contribution in [3.8, 4) is 0 Å². The second kappa shape index (κ2) is 4.58. The summed E-state index contributed by atoms with van der Waals surface area (Å²) in [5, 5.41) is 8.27. The Kier molecular flexibility index (Phi) is 2.96. The molecule has 0 bridgehead atoms. The molecular formula is C13H21N3. The van der Waals surface area contributed by atoms with Gasteiger partial charge in [-0.3, -0.25) is 4.68 Å². The van der Waals surface area contributed by atoms with Crippen LogP contribution in [0.25, 0.3) is 0 Å². The van der Waals surface area contributed by atoms with Crippen LogP contribution in [0.3, 0.4) is 0 Å². The van der Waals surface area contributed by atoms with Crippen molar-refractivity contribution in [2.24, 2.45) is 0 Å². The molecule has 3 nitrogen and oxygen atoms in total. The SMILES string of the molecule is c1c(C2CCCCC2)nn2c1CNCCC2. The summed E-state index contributed by atoms with van der Waals surface area (Å²) in [6.07, 6.45) is 8.12. The summed E-state index contributed by atoms with van der Waals surface area (Å²) in [4.78, 5) is 0. The molecule has 1 N–H and O–H groups in total. The molecule has 0 unspecified atom stereocenters. The molecule has 1 aromatic rings. The van der Waals surface area contributed by atoms with Crippen LogP contribution in [0.2, 0.25) is 0 Å². The summed E-state index contributed by atoms with van der Waals surface area (Å²) in [6.45, 7) is 3.22. The fourth-order valence-corrected chi connectivity index (χ4v) is 2.98. The minimum atomic E-state index is 0.744. The van der Waals surface area contributed by atoms with Crippen molar-refractivity contribution in [3.63, 3.8) is 0 Å². The molecule has 0 radical (unpaired) electrons. The van der Waals surface area contributed by atoms with Gasteiger partial charge in [-0.1, -0.05) is 19.3 Å². The number of aromatic nitrogens is 2. The number of aryl methyl sites for hydroxylation is 1. The summed E-state index contributed by atoms with van der Waals surface area (Å²) in [7, 11) is 0. The van der Waals surface area contributed by atoms with Crippen molar-refractivity contribution in [1.82, 2.24) is 15.1 Å². The van der Waals surface area contributed by atoms with Crippen molar-refractivity contribution < 1.29 is 0 Å². The first-order chi connectivity index (χ1) is 7.93. The Labute approximate surface area is 97.2 Å². The normalized spacial score (nSPS) is 22.8. The molecule has 1 aliphatic carbocycles. The lowest BCUT2D eigenvalue weighted by atomic mass is 9.87. The molecule has 1 fully saturated rings. The fraction of sp³-hybridized carbons (Fsp3) is 0.769. The van der Waals surface area contributed by atoms with Gasteiger partial charge in [0.1, 0.15) is 0 Å². The summed E-state index contributed by atoms with van der Waals surface area (Å²) in [5.41, 5.74) is 2.75. The lowest BCUT2D eigenvalue weighted by molar-refractivity contribution is 0.430. The third kappa shape index (κ3) is 2.01. The smallest absolute Gasteiger partial charge is 0.0658 e. The van der Waals surface area contributed by atoms with E-state index in [2.05, 4.69) is 16.1 Å². The van der Waals surface area contributed by atoms with Crippen LogP contribution >= 0.6 is 0 Å². The highest BCUT2D eigenvalue weighted by atomic mass is 15.3. The lowest BCUT2D eigenvalue weighted by Crippen LogP contribution is -2.12. The Morgan fingerprint density at radius 3 is 2.94 bits per heavy atom. The van der Waals surface area contributed by atoms with E-state index in [1.807, 2.05) is 0 Å². The summed E-state index contributed by atoms with van der Waals surface area (Å²) in [6, 6.07) is 2.34. The number of nitrogens with one attached hydrogen (secondary N) is 1. The maximum atomic E-state index is 4.81. The third-order valence-electron chi connectivity index (χ3n) is 3.94. The molecule has 1 aliphatic heterocycles. The molecule has 88 valence electrons. The molecule has 1 saturated carbocycles. The van der Waals surface area contributed by atoms with E-state index >= 15 is 0 Å². The highest BCUT2D eigenvalue weighted by Gasteiger charge is 2.20. The quantitative estimate of drug-likeness (QED) is 0.786. The average Bonchev–Trinajstić information content (AvgIpc) is 2.62. The number of hydrogen-bond donors (Lipinski definition) is 1. The molecule has 2 aliphatic rings. The highest BCUT2D eigenvalue weighted by Crippen LogP contribution is 2.32. The van der Waals surface area contributed by atoms with Crippen LogP contribution in [0.5, 0.6) is 0 Å². The van der Waals surface area contributed by atoms with Gasteiger partial charge in [0.15, 0.2) is 0 Å². The van der Waals surface area contributed by atoms with Crippen LogP contribution in [0, 0.1) is 0 Å². The Morgan fingerprint density at radius 1 is 1.19 bits per heavy atom. The molecule has 0 aromatic carbocycles. The van der Waals surface area contributed by atoms with Crippen molar-refractivity contribution in [2.45, 2.75) is 57.5 Å². The molecule has 1 aromatic heterocycles. The van der Waals surface area contributed by atoms with Gasteiger partial charge in [0.2, 0.25) is 0 Å². The van der Waals surface area contributed by atoms with Gasteiger partial charge in [0.05, 0.1) is 11.4 Å². The Balaban J connectivity index is 1.80. The lowest BCUT2D eigenvalue weighted by Gasteiger charge is -2.19. The highest BCUT2D eigenvalue weighted by molar-refractivity contribution is 5.15. The van der Waals surface area contributed by atoms with E-state index in [1.165, 1.54) is 49.9 Å². The largest absolute Gasteiger partial charge is 0.311 e. The van der Waals surface area contributed by atoms with Gasteiger partial charge in [0, 0.05) is 19.0 Å². The van der Waals surface area contributed by atoms with Crippen LogP contribution in [-0.4, -0.2) is 16.3 Å². The predicted octanol–water partition coefficient (Wildman–Crippen LogP) is 2.42. The molecule has 0 saturated heterocycles. The van der Waals surface area contributed by atoms with E-state index in [0.29, 0.717) is 0 Å². The summed E-state index contributed by atoms with van der Waals surface area (Å²) in [5.74, 6) is 0.744. The molecule has 0 spiro atoms. The second-order valence-corrected chi connectivity index (χ2v) is 5.15. The van der Waals surface area contributed by atoms with E-state index in [-0.39, 0.29) is 0 Å².